The molecule has 0 bridgehead atoms. The van der Waals surface area contributed by atoms with Crippen molar-refractivity contribution >= 4 is 23.9 Å². The Bertz CT molecular complexity index is 837. The summed E-state index contributed by atoms with van der Waals surface area (Å²) in [6, 6.07) is 1.22. The van der Waals surface area contributed by atoms with Crippen LogP contribution in [-0.2, 0) is 16.0 Å². The standard InChI is InChI=1S/C19H20O8/c1-4-11(26-18(24)9(2)3)7-5-6-10-8-12(16(20)21)13(17(22)23)14-15(10)27-19(14)25/h8,11H,2,4-7H2,1,3H3,(H,20,21)(H,22,23). The van der Waals surface area contributed by atoms with Crippen molar-refractivity contribution in [3.63, 3.8) is 0 Å². The number of aryl methyl sites for hydroxylation is 1. The highest BCUT2D eigenvalue weighted by atomic mass is 16.6. The fraction of sp³-hybridized carbons (Fsp3) is 0.368. The molecule has 2 N–H and O–H groups in total. The number of fused-ring (bicyclic) bond motifs is 1. The van der Waals surface area contributed by atoms with Crippen molar-refractivity contribution in [2.75, 3.05) is 0 Å². The summed E-state index contributed by atoms with van der Waals surface area (Å²) >= 11 is 0. The van der Waals surface area contributed by atoms with E-state index >= 15 is 0 Å². The Morgan fingerprint density at radius 3 is 2.41 bits per heavy atom. The minimum absolute atomic E-state index is 0.106. The van der Waals surface area contributed by atoms with Crippen LogP contribution in [0.5, 0.6) is 5.75 Å². The lowest BCUT2D eigenvalue weighted by molar-refractivity contribution is -0.144. The number of aromatic carboxylic acids is 2. The summed E-state index contributed by atoms with van der Waals surface area (Å²) in [5, 5.41) is 18.5. The average molecular weight is 376 g/mol. The normalized spacial score (nSPS) is 13.0. The van der Waals surface area contributed by atoms with Crippen LogP contribution in [-0.4, -0.2) is 40.2 Å². The van der Waals surface area contributed by atoms with Crippen molar-refractivity contribution < 1.29 is 38.9 Å². The van der Waals surface area contributed by atoms with E-state index in [1.807, 2.05) is 6.92 Å². The van der Waals surface area contributed by atoms with Gasteiger partial charge in [-0.3, -0.25) is 0 Å². The molecule has 0 radical (unpaired) electrons. The van der Waals surface area contributed by atoms with E-state index in [-0.39, 0.29) is 17.4 Å². The molecular weight excluding hydrogens is 356 g/mol. The second kappa shape index (κ2) is 8.03. The molecule has 0 fully saturated rings. The molecule has 1 atom stereocenters. The molecule has 0 aromatic heterocycles. The van der Waals surface area contributed by atoms with E-state index in [1.165, 1.54) is 6.07 Å². The largest absolute Gasteiger partial charge is 0.478 e. The first-order chi connectivity index (χ1) is 12.7. The van der Waals surface area contributed by atoms with Crippen LogP contribution in [0.2, 0.25) is 0 Å². The van der Waals surface area contributed by atoms with Crippen LogP contribution < -0.4 is 4.74 Å². The van der Waals surface area contributed by atoms with Gasteiger partial charge < -0.3 is 19.7 Å². The van der Waals surface area contributed by atoms with Crippen molar-refractivity contribution in [3.8, 4) is 5.75 Å². The number of esters is 2. The smallest absolute Gasteiger partial charge is 0.348 e. The number of carboxylic acids is 2. The summed E-state index contributed by atoms with van der Waals surface area (Å²) in [4.78, 5) is 46.0. The van der Waals surface area contributed by atoms with Gasteiger partial charge in [-0.25, -0.2) is 19.2 Å². The van der Waals surface area contributed by atoms with Gasteiger partial charge in [-0.05, 0) is 44.2 Å². The summed E-state index contributed by atoms with van der Waals surface area (Å²) < 4.78 is 10.2. The first-order valence-electron chi connectivity index (χ1n) is 8.42. The number of ether oxygens (including phenoxy) is 2. The molecular formula is C19H20O8. The van der Waals surface area contributed by atoms with Gasteiger partial charge in [-0.15, -0.1) is 0 Å². The van der Waals surface area contributed by atoms with Crippen molar-refractivity contribution in [2.24, 2.45) is 0 Å². The van der Waals surface area contributed by atoms with Crippen molar-refractivity contribution in [1.82, 2.24) is 0 Å². The SMILES string of the molecule is C=C(C)C(=O)OC(CC)CCCc1cc(C(=O)O)c(C(=O)O)c2c1OC2=O. The zero-order chi connectivity index (χ0) is 20.3. The molecule has 1 aromatic rings. The fourth-order valence-electron chi connectivity index (χ4n) is 2.82. The second-order valence-electron chi connectivity index (χ2n) is 6.27. The number of hydrogen-bond acceptors (Lipinski definition) is 6. The Balaban J connectivity index is 2.18. The van der Waals surface area contributed by atoms with Gasteiger partial charge in [0.1, 0.15) is 17.4 Å². The Kier molecular flexibility index (Phi) is 5.99. The summed E-state index contributed by atoms with van der Waals surface area (Å²) in [6.07, 6.45) is 1.67. The van der Waals surface area contributed by atoms with E-state index in [0.717, 1.165) is 0 Å². The molecule has 1 aliphatic rings. The van der Waals surface area contributed by atoms with E-state index in [1.54, 1.807) is 6.92 Å². The van der Waals surface area contributed by atoms with Gasteiger partial charge in [0, 0.05) is 5.57 Å². The van der Waals surface area contributed by atoms with E-state index < -0.39 is 35.0 Å². The van der Waals surface area contributed by atoms with Gasteiger partial charge in [0.25, 0.3) is 0 Å². The monoisotopic (exact) mass is 376 g/mol. The third kappa shape index (κ3) is 4.16. The first-order valence-corrected chi connectivity index (χ1v) is 8.42. The Morgan fingerprint density at radius 2 is 1.93 bits per heavy atom. The Morgan fingerprint density at radius 1 is 1.26 bits per heavy atom. The predicted octanol–water partition coefficient (Wildman–Crippen LogP) is 2.84. The van der Waals surface area contributed by atoms with Crippen LogP contribution in [0.3, 0.4) is 0 Å². The number of carbonyl (C=O) groups is 4. The second-order valence-corrected chi connectivity index (χ2v) is 6.27. The van der Waals surface area contributed by atoms with Crippen molar-refractivity contribution in [3.05, 3.63) is 40.5 Å². The molecule has 0 saturated carbocycles. The highest BCUT2D eigenvalue weighted by Gasteiger charge is 2.38. The van der Waals surface area contributed by atoms with Crippen LogP contribution in [0, 0.1) is 0 Å². The van der Waals surface area contributed by atoms with Gasteiger partial charge in [0.15, 0.2) is 0 Å². The van der Waals surface area contributed by atoms with Gasteiger partial charge in [0.2, 0.25) is 0 Å². The van der Waals surface area contributed by atoms with Crippen LogP contribution in [0.15, 0.2) is 18.2 Å². The molecule has 1 unspecified atom stereocenters. The van der Waals surface area contributed by atoms with E-state index in [2.05, 4.69) is 6.58 Å². The molecule has 1 aliphatic heterocycles. The predicted molar refractivity (Wildman–Crippen MR) is 93.2 cm³/mol. The maximum atomic E-state index is 11.6. The summed E-state index contributed by atoms with van der Waals surface area (Å²) in [5.74, 6) is -4.15. The Labute approximate surface area is 155 Å². The molecule has 27 heavy (non-hydrogen) atoms. The van der Waals surface area contributed by atoms with E-state index in [0.29, 0.717) is 36.8 Å². The molecule has 1 heterocycles. The average Bonchev–Trinajstić information content (AvgIpc) is 2.59. The van der Waals surface area contributed by atoms with Gasteiger partial charge >= 0.3 is 23.9 Å². The molecule has 0 saturated heterocycles. The lowest BCUT2D eigenvalue weighted by Crippen LogP contribution is -2.29. The quantitative estimate of drug-likeness (QED) is 0.497. The zero-order valence-corrected chi connectivity index (χ0v) is 15.0. The minimum atomic E-state index is -1.50. The number of carboxylic acid groups (broad SMARTS) is 2. The number of benzene rings is 1. The molecule has 144 valence electrons. The molecule has 8 heteroatoms. The van der Waals surface area contributed by atoms with E-state index in [9.17, 15) is 29.4 Å². The van der Waals surface area contributed by atoms with Crippen molar-refractivity contribution in [1.29, 1.82) is 0 Å². The molecule has 8 nitrogen and oxygen atoms in total. The maximum Gasteiger partial charge on any atom is 0.348 e. The molecule has 0 aliphatic carbocycles. The Hall–Kier alpha value is -3.16. The third-order valence-electron chi connectivity index (χ3n) is 4.25. The van der Waals surface area contributed by atoms with Gasteiger partial charge in [-0.2, -0.15) is 0 Å². The minimum Gasteiger partial charge on any atom is -0.478 e. The number of carbonyl (C=O) groups excluding carboxylic acids is 2. The number of rotatable bonds is 9. The molecule has 2 rings (SSSR count). The molecule has 1 aromatic carbocycles. The van der Waals surface area contributed by atoms with Crippen LogP contribution in [0.25, 0.3) is 0 Å². The number of hydrogen-bond donors (Lipinski definition) is 2. The molecule has 0 spiro atoms. The topological polar surface area (TPSA) is 127 Å². The van der Waals surface area contributed by atoms with E-state index in [4.69, 9.17) is 9.47 Å². The van der Waals surface area contributed by atoms with Crippen LogP contribution in [0.1, 0.15) is 69.7 Å². The first kappa shape index (κ1) is 20.2. The zero-order valence-electron chi connectivity index (χ0n) is 15.0. The molecule has 0 amide bonds. The third-order valence-corrected chi connectivity index (χ3v) is 4.25. The summed E-state index contributed by atoms with van der Waals surface area (Å²) in [5.41, 5.74) is -0.476. The summed E-state index contributed by atoms with van der Waals surface area (Å²) in [6.45, 7) is 6.95. The van der Waals surface area contributed by atoms with Crippen molar-refractivity contribution in [2.45, 2.75) is 45.6 Å². The van der Waals surface area contributed by atoms with Gasteiger partial charge in [-0.1, -0.05) is 13.5 Å². The van der Waals surface area contributed by atoms with Crippen LogP contribution in [0.4, 0.5) is 0 Å². The highest BCUT2D eigenvalue weighted by Crippen LogP contribution is 2.39. The maximum absolute atomic E-state index is 11.6. The summed E-state index contributed by atoms with van der Waals surface area (Å²) in [7, 11) is 0. The fourth-order valence-corrected chi connectivity index (χ4v) is 2.82. The lowest BCUT2D eigenvalue weighted by Gasteiger charge is -2.24. The highest BCUT2D eigenvalue weighted by molar-refractivity contribution is 6.15. The lowest BCUT2D eigenvalue weighted by atomic mass is 9.91. The van der Waals surface area contributed by atoms with Crippen LogP contribution >= 0.6 is 0 Å². The van der Waals surface area contributed by atoms with Gasteiger partial charge in [0.05, 0.1) is 11.1 Å².